The molecular formula is C19H20N6OS. The Bertz CT molecular complexity index is 993. The van der Waals surface area contributed by atoms with Gasteiger partial charge in [-0.05, 0) is 51.8 Å². The highest BCUT2D eigenvalue weighted by atomic mass is 32.1. The molecule has 0 spiro atoms. The predicted octanol–water partition coefficient (Wildman–Crippen LogP) is 2.49. The second kappa shape index (κ2) is 8.12. The molecule has 0 saturated heterocycles. The van der Waals surface area contributed by atoms with Gasteiger partial charge in [0.2, 0.25) is 5.91 Å². The van der Waals surface area contributed by atoms with Crippen molar-refractivity contribution in [2.45, 2.75) is 26.8 Å². The van der Waals surface area contributed by atoms with Gasteiger partial charge < -0.3 is 10.6 Å². The van der Waals surface area contributed by atoms with E-state index in [-0.39, 0.29) is 11.9 Å². The van der Waals surface area contributed by atoms with Crippen molar-refractivity contribution < 1.29 is 4.79 Å². The van der Waals surface area contributed by atoms with E-state index in [1.165, 1.54) is 11.3 Å². The number of aromatic amines is 1. The fourth-order valence-corrected chi connectivity index (χ4v) is 3.00. The number of pyridine rings is 1. The Morgan fingerprint density at radius 1 is 1.30 bits per heavy atom. The molecule has 3 aromatic rings. The smallest absolute Gasteiger partial charge is 0.242 e. The molecule has 3 heterocycles. The molecule has 0 fully saturated rings. The Kier molecular flexibility index (Phi) is 5.64. The van der Waals surface area contributed by atoms with Crippen molar-refractivity contribution in [3.8, 4) is 23.0 Å². The Hall–Kier alpha value is -3.02. The van der Waals surface area contributed by atoms with Gasteiger partial charge in [-0.3, -0.25) is 14.9 Å². The third kappa shape index (κ3) is 4.22. The molecule has 3 aromatic heterocycles. The molecule has 138 valence electrons. The van der Waals surface area contributed by atoms with Crippen molar-refractivity contribution in [2.24, 2.45) is 0 Å². The minimum absolute atomic E-state index is 0.158. The number of likely N-dealkylation sites (N-methyl/N-ethyl adjacent to an activating group) is 1. The van der Waals surface area contributed by atoms with E-state index in [4.69, 9.17) is 0 Å². The predicted molar refractivity (Wildman–Crippen MR) is 107 cm³/mol. The van der Waals surface area contributed by atoms with Crippen LogP contribution in [0.25, 0.3) is 11.1 Å². The number of carbonyl (C=O) groups excluding carboxylic acids is 1. The molecule has 0 saturated carbocycles. The van der Waals surface area contributed by atoms with Crippen LogP contribution in [0.5, 0.6) is 0 Å². The third-order valence-corrected chi connectivity index (χ3v) is 4.80. The van der Waals surface area contributed by atoms with Crippen LogP contribution in [0, 0.1) is 25.7 Å². The Morgan fingerprint density at radius 3 is 2.74 bits per heavy atom. The molecular weight excluding hydrogens is 360 g/mol. The fraction of sp³-hybridized carbons (Fsp3) is 0.263. The van der Waals surface area contributed by atoms with Gasteiger partial charge in [0.05, 0.1) is 28.3 Å². The minimum atomic E-state index is -0.323. The summed E-state index contributed by atoms with van der Waals surface area (Å²) in [6, 6.07) is 3.37. The van der Waals surface area contributed by atoms with Crippen LogP contribution in [0.15, 0.2) is 23.8 Å². The van der Waals surface area contributed by atoms with Gasteiger partial charge in [0.1, 0.15) is 11.5 Å². The first-order valence-corrected chi connectivity index (χ1v) is 9.29. The fourth-order valence-electron chi connectivity index (χ4n) is 2.54. The number of hydrogen-bond acceptors (Lipinski definition) is 6. The van der Waals surface area contributed by atoms with E-state index >= 15 is 0 Å². The van der Waals surface area contributed by atoms with Gasteiger partial charge in [-0.2, -0.15) is 5.10 Å². The van der Waals surface area contributed by atoms with Gasteiger partial charge in [0, 0.05) is 16.8 Å². The van der Waals surface area contributed by atoms with Gasteiger partial charge in [0.25, 0.3) is 0 Å². The number of thiazole rings is 1. The quantitative estimate of drug-likeness (QED) is 0.605. The summed E-state index contributed by atoms with van der Waals surface area (Å²) in [5, 5.41) is 13.0. The molecule has 7 nitrogen and oxygen atoms in total. The third-order valence-electron chi connectivity index (χ3n) is 4.11. The van der Waals surface area contributed by atoms with Crippen molar-refractivity contribution in [1.82, 2.24) is 25.5 Å². The number of carbonyl (C=O) groups is 1. The lowest BCUT2D eigenvalue weighted by atomic mass is 10.0. The zero-order valence-electron chi connectivity index (χ0n) is 15.5. The number of nitrogens with zero attached hydrogens (tertiary/aromatic N) is 3. The minimum Gasteiger partial charge on any atom is -0.309 e. The molecule has 1 atom stereocenters. The highest BCUT2D eigenvalue weighted by Crippen LogP contribution is 2.28. The molecule has 0 unspecified atom stereocenters. The van der Waals surface area contributed by atoms with Gasteiger partial charge in [-0.25, -0.2) is 4.98 Å². The molecule has 0 aromatic carbocycles. The molecule has 27 heavy (non-hydrogen) atoms. The van der Waals surface area contributed by atoms with Crippen LogP contribution in [0.1, 0.15) is 28.9 Å². The number of hydrogen-bond donors (Lipinski definition) is 3. The average Bonchev–Trinajstić information content (AvgIpc) is 3.29. The molecule has 0 radical (unpaired) electrons. The highest BCUT2D eigenvalue weighted by Gasteiger charge is 2.16. The summed E-state index contributed by atoms with van der Waals surface area (Å²) in [5.41, 5.74) is 5.96. The summed E-state index contributed by atoms with van der Waals surface area (Å²) in [6.45, 7) is 5.68. The maximum Gasteiger partial charge on any atom is 0.242 e. The highest BCUT2D eigenvalue weighted by molar-refractivity contribution is 7.10. The maximum absolute atomic E-state index is 12.1. The van der Waals surface area contributed by atoms with E-state index in [1.54, 1.807) is 31.7 Å². The topological polar surface area (TPSA) is 95.6 Å². The SMILES string of the molecule is CN[C@@H](C)C(=O)Nc1ccc(-c2c(C)n[nH]c2C)c(C#Cc2cncs2)n1. The number of anilines is 1. The van der Waals surface area contributed by atoms with Crippen LogP contribution in [-0.4, -0.2) is 39.2 Å². The van der Waals surface area contributed by atoms with Crippen LogP contribution < -0.4 is 10.6 Å². The Balaban J connectivity index is 2.04. The summed E-state index contributed by atoms with van der Waals surface area (Å²) >= 11 is 1.46. The molecule has 0 bridgehead atoms. The Morgan fingerprint density at radius 2 is 2.11 bits per heavy atom. The van der Waals surface area contributed by atoms with Gasteiger partial charge in [-0.15, -0.1) is 11.3 Å². The summed E-state index contributed by atoms with van der Waals surface area (Å²) in [7, 11) is 1.73. The van der Waals surface area contributed by atoms with E-state index in [0.29, 0.717) is 11.5 Å². The standard InChI is InChI=1S/C19H20N6OS/c1-11-18(12(2)25-24-11)15-6-8-17(23-19(26)13(3)20-4)22-16(15)7-5-14-9-21-10-27-14/h6,8-10,13,20H,1-4H3,(H,24,25)(H,22,23,26)/t13-/m0/s1. The van der Waals surface area contributed by atoms with Gasteiger partial charge >= 0.3 is 0 Å². The summed E-state index contributed by atoms with van der Waals surface area (Å²) in [5.74, 6) is 6.50. The second-order valence-electron chi connectivity index (χ2n) is 6.02. The lowest BCUT2D eigenvalue weighted by Crippen LogP contribution is -2.35. The molecule has 3 N–H and O–H groups in total. The first-order chi connectivity index (χ1) is 13.0. The van der Waals surface area contributed by atoms with Gasteiger partial charge in [-0.1, -0.05) is 0 Å². The largest absolute Gasteiger partial charge is 0.309 e. The maximum atomic E-state index is 12.1. The number of H-pyrrole nitrogens is 1. The molecule has 0 aliphatic rings. The molecule has 1 amide bonds. The first-order valence-electron chi connectivity index (χ1n) is 8.41. The van der Waals surface area contributed by atoms with Crippen molar-refractivity contribution >= 4 is 23.1 Å². The Labute approximate surface area is 161 Å². The van der Waals surface area contributed by atoms with Crippen LogP contribution >= 0.6 is 11.3 Å². The van der Waals surface area contributed by atoms with Crippen molar-refractivity contribution in [2.75, 3.05) is 12.4 Å². The zero-order chi connectivity index (χ0) is 19.4. The lowest BCUT2D eigenvalue weighted by Gasteiger charge is -2.12. The molecule has 8 heteroatoms. The van der Waals surface area contributed by atoms with E-state index in [2.05, 4.69) is 42.6 Å². The van der Waals surface area contributed by atoms with E-state index in [0.717, 1.165) is 27.4 Å². The van der Waals surface area contributed by atoms with E-state index in [9.17, 15) is 4.79 Å². The molecule has 0 aliphatic heterocycles. The van der Waals surface area contributed by atoms with Crippen LogP contribution in [-0.2, 0) is 4.79 Å². The molecule has 3 rings (SSSR count). The van der Waals surface area contributed by atoms with Crippen molar-refractivity contribution in [3.63, 3.8) is 0 Å². The number of aromatic nitrogens is 4. The van der Waals surface area contributed by atoms with E-state index < -0.39 is 0 Å². The van der Waals surface area contributed by atoms with E-state index in [1.807, 2.05) is 19.9 Å². The first kappa shape index (κ1) is 18.8. The number of aryl methyl sites for hydroxylation is 2. The van der Waals surface area contributed by atoms with Crippen LogP contribution in [0.3, 0.4) is 0 Å². The monoisotopic (exact) mass is 380 g/mol. The van der Waals surface area contributed by atoms with Crippen LogP contribution in [0.2, 0.25) is 0 Å². The molecule has 0 aliphatic carbocycles. The number of rotatable bonds is 4. The summed E-state index contributed by atoms with van der Waals surface area (Å²) < 4.78 is 0. The van der Waals surface area contributed by atoms with Gasteiger partial charge in [0.15, 0.2) is 0 Å². The number of nitrogens with one attached hydrogen (secondary N) is 3. The van der Waals surface area contributed by atoms with Crippen molar-refractivity contribution in [1.29, 1.82) is 0 Å². The number of amides is 1. The average molecular weight is 380 g/mol. The zero-order valence-corrected chi connectivity index (χ0v) is 16.4. The lowest BCUT2D eigenvalue weighted by molar-refractivity contribution is -0.117. The summed E-state index contributed by atoms with van der Waals surface area (Å²) in [4.78, 5) is 21.6. The van der Waals surface area contributed by atoms with Crippen molar-refractivity contribution in [3.05, 3.63) is 45.8 Å². The summed E-state index contributed by atoms with van der Waals surface area (Å²) in [6.07, 6.45) is 1.71. The van der Waals surface area contributed by atoms with Crippen LogP contribution in [0.4, 0.5) is 5.82 Å². The second-order valence-corrected chi connectivity index (χ2v) is 6.90. The normalized spacial score (nSPS) is 11.6.